The van der Waals surface area contributed by atoms with Crippen LogP contribution in [0.25, 0.3) is 55.3 Å². The second-order valence-corrected chi connectivity index (χ2v) is 16.8. The van der Waals surface area contributed by atoms with Crippen LogP contribution >= 0.6 is 0 Å². The summed E-state index contributed by atoms with van der Waals surface area (Å²) in [5, 5.41) is 3.63. The number of nitrogens with zero attached hydrogens (tertiary/aromatic N) is 1. The average Bonchev–Trinajstić information content (AvgIpc) is 3.82. The summed E-state index contributed by atoms with van der Waals surface area (Å²) in [6, 6.07) is 77.9. The Balaban J connectivity index is 1.08. The molecule has 0 bridgehead atoms. The van der Waals surface area contributed by atoms with E-state index < -0.39 is 5.41 Å². The van der Waals surface area contributed by atoms with Gasteiger partial charge in [0.15, 0.2) is 0 Å². The highest BCUT2D eigenvalue weighted by Gasteiger charge is 2.53. The molecule has 2 heteroatoms. The van der Waals surface area contributed by atoms with Gasteiger partial charge in [-0.1, -0.05) is 159 Å². The maximum absolute atomic E-state index is 6.64. The van der Waals surface area contributed by atoms with E-state index >= 15 is 0 Å². The SMILES string of the molecule is CC1(C)c2ccccc2C2(c3cc(N(c4ccccc4)c4ccc(-c5oc6ccccc6c5-c5ccccc5)cc4)ccc3-c3cc4ccccc4cc32)c2ccccc21. The molecule has 2 nitrogen and oxygen atoms in total. The Kier molecular flexibility index (Phi) is 7.52. The summed E-state index contributed by atoms with van der Waals surface area (Å²) in [6.45, 7) is 4.78. The van der Waals surface area contributed by atoms with Crippen LogP contribution in [0.15, 0.2) is 217 Å². The molecule has 10 aromatic rings. The molecule has 1 aromatic heterocycles. The number of para-hydroxylation sites is 2. The lowest BCUT2D eigenvalue weighted by Gasteiger charge is -2.46. The minimum atomic E-state index is -0.519. The first-order valence-electron chi connectivity index (χ1n) is 20.9. The highest BCUT2D eigenvalue weighted by atomic mass is 16.3. The Bertz CT molecular complexity index is 3230. The molecular weight excluding hydrogens is 727 g/mol. The van der Waals surface area contributed by atoms with E-state index in [-0.39, 0.29) is 5.41 Å². The van der Waals surface area contributed by atoms with Crippen molar-refractivity contribution in [2.24, 2.45) is 0 Å². The Morgan fingerprint density at radius 1 is 0.383 bits per heavy atom. The Morgan fingerprint density at radius 3 is 1.62 bits per heavy atom. The molecule has 12 rings (SSSR count). The molecule has 0 N–H and O–H groups in total. The number of fused-ring (bicyclic) bond motifs is 11. The van der Waals surface area contributed by atoms with Crippen LogP contribution in [0, 0.1) is 0 Å². The second kappa shape index (κ2) is 13.0. The summed E-state index contributed by atoms with van der Waals surface area (Å²) in [5.74, 6) is 0.877. The van der Waals surface area contributed by atoms with E-state index in [9.17, 15) is 0 Å². The van der Waals surface area contributed by atoms with Crippen molar-refractivity contribution in [2.45, 2.75) is 24.7 Å². The predicted molar refractivity (Wildman–Crippen MR) is 249 cm³/mol. The molecule has 0 radical (unpaired) electrons. The van der Waals surface area contributed by atoms with Crippen LogP contribution in [-0.4, -0.2) is 0 Å². The van der Waals surface area contributed by atoms with E-state index in [4.69, 9.17) is 4.42 Å². The van der Waals surface area contributed by atoms with Crippen molar-refractivity contribution in [3.63, 3.8) is 0 Å². The van der Waals surface area contributed by atoms with Crippen molar-refractivity contribution in [2.75, 3.05) is 4.90 Å². The topological polar surface area (TPSA) is 16.4 Å². The zero-order valence-corrected chi connectivity index (χ0v) is 33.6. The van der Waals surface area contributed by atoms with Gasteiger partial charge in [-0.05, 0) is 128 Å². The Morgan fingerprint density at radius 2 is 0.917 bits per heavy atom. The highest BCUT2D eigenvalue weighted by Crippen LogP contribution is 2.63. The number of hydrogen-bond donors (Lipinski definition) is 0. The van der Waals surface area contributed by atoms with Crippen molar-refractivity contribution in [1.29, 1.82) is 0 Å². The lowest BCUT2D eigenvalue weighted by molar-refractivity contribution is 0.563. The average molecular weight is 768 g/mol. The van der Waals surface area contributed by atoms with Gasteiger partial charge in [-0.25, -0.2) is 0 Å². The highest BCUT2D eigenvalue weighted by molar-refractivity contribution is 6.02. The summed E-state index contributed by atoms with van der Waals surface area (Å²) in [4.78, 5) is 2.40. The van der Waals surface area contributed by atoms with Gasteiger partial charge in [-0.2, -0.15) is 0 Å². The zero-order chi connectivity index (χ0) is 40.0. The standard InChI is InChI=1S/C58H41NO/c1-57(2)48-24-12-14-26-50(48)58(51-27-15-13-25-49(51)57)52-36-41-20-10-9-19-40(41)35-47(52)45-34-33-44(37-53(45)58)59(42-21-7-4-8-22-42)43-31-29-39(30-32-43)56-55(38-17-5-3-6-18-38)46-23-11-16-28-54(46)60-56/h3-37H,1-2H3. The number of furan rings is 1. The maximum Gasteiger partial charge on any atom is 0.143 e. The molecule has 60 heavy (non-hydrogen) atoms. The number of hydrogen-bond acceptors (Lipinski definition) is 2. The van der Waals surface area contributed by atoms with Gasteiger partial charge in [-0.3, -0.25) is 0 Å². The minimum absolute atomic E-state index is 0.173. The van der Waals surface area contributed by atoms with Gasteiger partial charge in [0, 0.05) is 39.0 Å². The van der Waals surface area contributed by atoms with Gasteiger partial charge in [0.1, 0.15) is 11.3 Å². The van der Waals surface area contributed by atoms with Crippen LogP contribution in [0.5, 0.6) is 0 Å². The normalized spacial score (nSPS) is 14.1. The largest absolute Gasteiger partial charge is 0.455 e. The van der Waals surface area contributed by atoms with Crippen LogP contribution in [0.3, 0.4) is 0 Å². The molecule has 2 aliphatic carbocycles. The molecule has 1 spiro atoms. The maximum atomic E-state index is 6.64. The quantitative estimate of drug-likeness (QED) is 0.173. The molecule has 0 aliphatic heterocycles. The van der Waals surface area contributed by atoms with E-state index in [0.29, 0.717) is 0 Å². The van der Waals surface area contributed by atoms with Gasteiger partial charge >= 0.3 is 0 Å². The third kappa shape index (κ3) is 4.88. The summed E-state index contributed by atoms with van der Waals surface area (Å²) in [7, 11) is 0. The van der Waals surface area contributed by atoms with Crippen molar-refractivity contribution in [1.82, 2.24) is 0 Å². The number of rotatable bonds is 5. The summed E-state index contributed by atoms with van der Waals surface area (Å²) >= 11 is 0. The Labute approximate surface area is 350 Å². The third-order valence-corrected chi connectivity index (χ3v) is 13.3. The molecule has 1 heterocycles. The first-order valence-corrected chi connectivity index (χ1v) is 20.9. The van der Waals surface area contributed by atoms with Crippen LogP contribution in [0.1, 0.15) is 47.2 Å². The molecule has 0 amide bonds. The number of benzene rings is 9. The molecule has 0 unspecified atom stereocenters. The van der Waals surface area contributed by atoms with Gasteiger partial charge in [0.2, 0.25) is 0 Å². The van der Waals surface area contributed by atoms with E-state index in [0.717, 1.165) is 50.5 Å². The Hall–Kier alpha value is -7.42. The van der Waals surface area contributed by atoms with Gasteiger partial charge < -0.3 is 9.32 Å². The van der Waals surface area contributed by atoms with E-state index in [1.54, 1.807) is 0 Å². The second-order valence-electron chi connectivity index (χ2n) is 16.8. The van der Waals surface area contributed by atoms with E-state index in [1.165, 1.54) is 55.3 Å². The molecule has 284 valence electrons. The van der Waals surface area contributed by atoms with Crippen LogP contribution in [-0.2, 0) is 10.8 Å². The monoisotopic (exact) mass is 767 g/mol. The first-order chi connectivity index (χ1) is 29.5. The van der Waals surface area contributed by atoms with Gasteiger partial charge in [-0.15, -0.1) is 0 Å². The fourth-order valence-corrected chi connectivity index (χ4v) is 10.6. The van der Waals surface area contributed by atoms with Crippen molar-refractivity contribution < 1.29 is 4.42 Å². The molecule has 0 fully saturated rings. The smallest absolute Gasteiger partial charge is 0.143 e. The molecule has 0 saturated heterocycles. The molecule has 0 atom stereocenters. The number of anilines is 3. The van der Waals surface area contributed by atoms with Gasteiger partial charge in [0.05, 0.1) is 5.41 Å². The van der Waals surface area contributed by atoms with E-state index in [1.807, 2.05) is 6.07 Å². The van der Waals surface area contributed by atoms with Crippen LogP contribution in [0.4, 0.5) is 17.1 Å². The zero-order valence-electron chi connectivity index (χ0n) is 33.6. The summed E-state index contributed by atoms with van der Waals surface area (Å²) in [5.41, 5.74) is 17.5. The van der Waals surface area contributed by atoms with Crippen molar-refractivity contribution in [3.05, 3.63) is 246 Å². The van der Waals surface area contributed by atoms with E-state index in [2.05, 4.69) is 225 Å². The molecule has 2 aliphatic rings. The van der Waals surface area contributed by atoms with Gasteiger partial charge in [0.25, 0.3) is 0 Å². The molecule has 9 aromatic carbocycles. The first kappa shape index (κ1) is 34.6. The lowest BCUT2D eigenvalue weighted by Crippen LogP contribution is -2.40. The fraction of sp³-hybridized carbons (Fsp3) is 0.0690. The summed E-state index contributed by atoms with van der Waals surface area (Å²) < 4.78 is 6.64. The third-order valence-electron chi connectivity index (χ3n) is 13.3. The lowest BCUT2D eigenvalue weighted by atomic mass is 9.55. The molecular formula is C58H41NO. The van der Waals surface area contributed by atoms with Crippen LogP contribution < -0.4 is 4.90 Å². The van der Waals surface area contributed by atoms with Crippen molar-refractivity contribution in [3.8, 4) is 33.6 Å². The van der Waals surface area contributed by atoms with Crippen molar-refractivity contribution >= 4 is 38.8 Å². The minimum Gasteiger partial charge on any atom is -0.455 e. The molecule has 0 saturated carbocycles. The summed E-state index contributed by atoms with van der Waals surface area (Å²) in [6.07, 6.45) is 0. The van der Waals surface area contributed by atoms with Crippen LogP contribution in [0.2, 0.25) is 0 Å². The fourth-order valence-electron chi connectivity index (χ4n) is 10.6. The predicted octanol–water partition coefficient (Wildman–Crippen LogP) is 15.4.